The van der Waals surface area contributed by atoms with Crippen LogP contribution >= 0.6 is 0 Å². The largest absolute Gasteiger partial charge is 0.457 e. The van der Waals surface area contributed by atoms with Crippen molar-refractivity contribution in [3.05, 3.63) is 12.3 Å². The third-order valence-electron chi connectivity index (χ3n) is 2.36. The first-order chi connectivity index (χ1) is 5.95. The van der Waals surface area contributed by atoms with Crippen molar-refractivity contribution >= 4 is 6.02 Å². The predicted octanol–water partition coefficient (Wildman–Crippen LogP) is 0.317. The van der Waals surface area contributed by atoms with Gasteiger partial charge in [0.2, 0.25) is 0 Å². The Balaban J connectivity index is 1.93. The van der Waals surface area contributed by atoms with E-state index in [9.17, 15) is 0 Å². The second-order valence-electron chi connectivity index (χ2n) is 3.12. The van der Waals surface area contributed by atoms with E-state index >= 15 is 0 Å². The molecule has 0 aliphatic carbocycles. The summed E-state index contributed by atoms with van der Waals surface area (Å²) < 4.78 is 11.1. The van der Waals surface area contributed by atoms with E-state index in [2.05, 4.69) is 4.99 Å². The van der Waals surface area contributed by atoms with Crippen molar-refractivity contribution in [2.45, 2.75) is 18.8 Å². The summed E-state index contributed by atoms with van der Waals surface area (Å²) in [6.45, 7) is 1.53. The van der Waals surface area contributed by atoms with Crippen molar-refractivity contribution < 1.29 is 9.47 Å². The molecule has 3 rings (SSSR count). The van der Waals surface area contributed by atoms with Gasteiger partial charge >= 0.3 is 0 Å². The van der Waals surface area contributed by atoms with E-state index in [1.54, 1.807) is 0 Å². The normalized spacial score (nSPS) is 37.3. The summed E-state index contributed by atoms with van der Waals surface area (Å²) >= 11 is 0. The van der Waals surface area contributed by atoms with Gasteiger partial charge in [-0.15, -0.1) is 0 Å². The first-order valence-electron chi connectivity index (χ1n) is 4.23. The fourth-order valence-corrected chi connectivity index (χ4v) is 1.80. The molecule has 0 saturated carbocycles. The first kappa shape index (κ1) is 6.48. The summed E-state index contributed by atoms with van der Waals surface area (Å²) in [5.41, 5.74) is 0. The van der Waals surface area contributed by atoms with E-state index in [0.29, 0.717) is 0 Å². The number of ether oxygens (including phenoxy) is 2. The maximum absolute atomic E-state index is 5.59. The molecule has 3 aliphatic rings. The highest BCUT2D eigenvalue weighted by molar-refractivity contribution is 5.78. The average Bonchev–Trinajstić information content (AvgIpc) is 2.62. The van der Waals surface area contributed by atoms with Crippen LogP contribution in [0.15, 0.2) is 17.3 Å². The standard InChI is InChI=1S/C8H10N2O2/c1-3-9-8-10(4-1)7-6(12-8)2-5-11-7/h1,4,6-7H,2-3,5H2. The van der Waals surface area contributed by atoms with E-state index in [1.165, 1.54) is 0 Å². The van der Waals surface area contributed by atoms with Crippen LogP contribution in [0.25, 0.3) is 0 Å². The summed E-state index contributed by atoms with van der Waals surface area (Å²) in [7, 11) is 0. The molecule has 4 nitrogen and oxygen atoms in total. The minimum Gasteiger partial charge on any atom is -0.457 e. The Morgan fingerprint density at radius 3 is 3.58 bits per heavy atom. The Hall–Kier alpha value is -1.03. The van der Waals surface area contributed by atoms with Crippen LogP contribution in [0.3, 0.4) is 0 Å². The Morgan fingerprint density at radius 1 is 1.58 bits per heavy atom. The number of nitrogens with zero attached hydrogens (tertiary/aromatic N) is 2. The Kier molecular flexibility index (Phi) is 1.20. The van der Waals surface area contributed by atoms with E-state index in [4.69, 9.17) is 9.47 Å². The summed E-state index contributed by atoms with van der Waals surface area (Å²) in [6, 6.07) is 0.729. The zero-order valence-corrected chi connectivity index (χ0v) is 6.64. The van der Waals surface area contributed by atoms with Crippen molar-refractivity contribution in [2.75, 3.05) is 13.2 Å². The van der Waals surface area contributed by atoms with Gasteiger partial charge in [-0.1, -0.05) is 0 Å². The second kappa shape index (κ2) is 2.23. The summed E-state index contributed by atoms with van der Waals surface area (Å²) in [5.74, 6) is 0. The van der Waals surface area contributed by atoms with Crippen LogP contribution in [0.5, 0.6) is 0 Å². The molecule has 2 saturated heterocycles. The molecule has 2 atom stereocenters. The minimum absolute atomic E-state index is 0.0836. The number of hydrogen-bond donors (Lipinski definition) is 0. The molecule has 0 amide bonds. The van der Waals surface area contributed by atoms with Crippen molar-refractivity contribution in [3.8, 4) is 0 Å². The van der Waals surface area contributed by atoms with Crippen LogP contribution in [0, 0.1) is 0 Å². The van der Waals surface area contributed by atoms with Crippen LogP contribution in [-0.2, 0) is 9.47 Å². The molecule has 0 aromatic carbocycles. The molecule has 2 unspecified atom stereocenters. The quantitative estimate of drug-likeness (QED) is 0.519. The lowest BCUT2D eigenvalue weighted by Gasteiger charge is -2.18. The van der Waals surface area contributed by atoms with Crippen LogP contribution in [0.1, 0.15) is 6.42 Å². The summed E-state index contributed by atoms with van der Waals surface area (Å²) in [5, 5.41) is 0. The number of aliphatic imine (C=N–C) groups is 1. The highest BCUT2D eigenvalue weighted by Gasteiger charge is 2.44. The molecule has 64 valence electrons. The molecular formula is C8H10N2O2. The lowest BCUT2D eigenvalue weighted by Crippen LogP contribution is -2.32. The summed E-state index contributed by atoms with van der Waals surface area (Å²) in [6.07, 6.45) is 5.27. The average molecular weight is 166 g/mol. The molecule has 0 spiro atoms. The van der Waals surface area contributed by atoms with Crippen molar-refractivity contribution in [1.82, 2.24) is 4.90 Å². The van der Waals surface area contributed by atoms with E-state index in [1.807, 2.05) is 17.2 Å². The molecule has 2 fully saturated rings. The highest BCUT2D eigenvalue weighted by Crippen LogP contribution is 2.29. The van der Waals surface area contributed by atoms with Gasteiger partial charge in [-0.3, -0.25) is 4.90 Å². The third-order valence-corrected chi connectivity index (χ3v) is 2.36. The fraction of sp³-hybridized carbons (Fsp3) is 0.625. The van der Waals surface area contributed by atoms with Gasteiger partial charge < -0.3 is 9.47 Å². The number of hydrogen-bond acceptors (Lipinski definition) is 4. The molecule has 0 aromatic rings. The van der Waals surface area contributed by atoms with E-state index in [-0.39, 0.29) is 12.3 Å². The molecule has 4 heteroatoms. The van der Waals surface area contributed by atoms with Gasteiger partial charge in [0.05, 0.1) is 13.2 Å². The van der Waals surface area contributed by atoms with Gasteiger partial charge in [-0.2, -0.15) is 0 Å². The van der Waals surface area contributed by atoms with E-state index < -0.39 is 0 Å². The predicted molar refractivity (Wildman–Crippen MR) is 42.5 cm³/mol. The number of amidine groups is 1. The van der Waals surface area contributed by atoms with Crippen molar-refractivity contribution in [1.29, 1.82) is 0 Å². The lowest BCUT2D eigenvalue weighted by atomic mass is 10.3. The molecular weight excluding hydrogens is 156 g/mol. The molecule has 3 heterocycles. The fourth-order valence-electron chi connectivity index (χ4n) is 1.80. The SMILES string of the molecule is C1=CN2C(=NC1)OC1CCOC12. The maximum atomic E-state index is 5.59. The summed E-state index contributed by atoms with van der Waals surface area (Å²) in [4.78, 5) is 6.20. The van der Waals surface area contributed by atoms with Gasteiger partial charge in [-0.25, -0.2) is 4.99 Å². The Morgan fingerprint density at radius 2 is 2.58 bits per heavy atom. The van der Waals surface area contributed by atoms with Crippen LogP contribution in [-0.4, -0.2) is 36.4 Å². The van der Waals surface area contributed by atoms with Gasteiger partial charge in [0.25, 0.3) is 6.02 Å². The van der Waals surface area contributed by atoms with Crippen LogP contribution in [0.4, 0.5) is 0 Å². The Bertz CT molecular complexity index is 262. The van der Waals surface area contributed by atoms with Crippen LogP contribution < -0.4 is 0 Å². The molecule has 0 aromatic heterocycles. The maximum Gasteiger partial charge on any atom is 0.294 e. The van der Waals surface area contributed by atoms with Crippen LogP contribution in [0.2, 0.25) is 0 Å². The Labute approximate surface area is 70.5 Å². The molecule has 0 bridgehead atoms. The molecule has 3 aliphatic heterocycles. The lowest BCUT2D eigenvalue weighted by molar-refractivity contribution is 0.0323. The van der Waals surface area contributed by atoms with Crippen molar-refractivity contribution in [3.63, 3.8) is 0 Å². The third kappa shape index (κ3) is 0.728. The van der Waals surface area contributed by atoms with Gasteiger partial charge in [0, 0.05) is 12.6 Å². The number of fused-ring (bicyclic) bond motifs is 3. The highest BCUT2D eigenvalue weighted by atomic mass is 16.6. The smallest absolute Gasteiger partial charge is 0.294 e. The monoisotopic (exact) mass is 166 g/mol. The van der Waals surface area contributed by atoms with E-state index in [0.717, 1.165) is 25.6 Å². The molecule has 0 N–H and O–H groups in total. The topological polar surface area (TPSA) is 34.1 Å². The first-order valence-corrected chi connectivity index (χ1v) is 4.23. The van der Waals surface area contributed by atoms with Gasteiger partial charge in [0.1, 0.15) is 6.10 Å². The molecule has 0 radical (unpaired) electrons. The number of rotatable bonds is 0. The zero-order chi connectivity index (χ0) is 7.97. The van der Waals surface area contributed by atoms with Gasteiger partial charge in [0.15, 0.2) is 6.23 Å². The van der Waals surface area contributed by atoms with Gasteiger partial charge in [-0.05, 0) is 6.08 Å². The minimum atomic E-state index is 0.0836. The zero-order valence-electron chi connectivity index (χ0n) is 6.64. The molecule has 12 heavy (non-hydrogen) atoms. The second-order valence-corrected chi connectivity index (χ2v) is 3.12. The van der Waals surface area contributed by atoms with Crippen molar-refractivity contribution in [2.24, 2.45) is 4.99 Å².